The van der Waals surface area contributed by atoms with Crippen molar-refractivity contribution >= 4 is 23.2 Å². The molecule has 2 N–H and O–H groups in total. The third-order valence-electron chi connectivity index (χ3n) is 2.88. The number of hydrogen-bond acceptors (Lipinski definition) is 7. The van der Waals surface area contributed by atoms with Crippen LogP contribution in [0.15, 0.2) is 30.3 Å². The Morgan fingerprint density at radius 1 is 1.23 bits per heavy atom. The minimum Gasteiger partial charge on any atom is -0.368 e. The highest BCUT2D eigenvalue weighted by Crippen LogP contribution is 2.05. The molecule has 0 aromatic carbocycles. The molecule has 0 aliphatic rings. The van der Waals surface area contributed by atoms with Crippen LogP contribution in [-0.2, 0) is 4.79 Å². The van der Waals surface area contributed by atoms with Crippen LogP contribution >= 0.6 is 0 Å². The molecular formula is C13H14N8O. The highest BCUT2D eigenvalue weighted by molar-refractivity contribution is 5.90. The van der Waals surface area contributed by atoms with Gasteiger partial charge in [-0.15, -0.1) is 14.8 Å². The van der Waals surface area contributed by atoms with Gasteiger partial charge in [0.05, 0.1) is 0 Å². The van der Waals surface area contributed by atoms with Crippen LogP contribution in [0.4, 0.5) is 11.6 Å². The summed E-state index contributed by atoms with van der Waals surface area (Å²) in [5.74, 6) is 1.04. The molecule has 0 aliphatic carbocycles. The molecule has 3 aromatic heterocycles. The number of rotatable bonds is 5. The number of hydrogen-bond donors (Lipinski definition) is 2. The van der Waals surface area contributed by atoms with E-state index in [9.17, 15) is 4.79 Å². The lowest BCUT2D eigenvalue weighted by atomic mass is 10.3. The summed E-state index contributed by atoms with van der Waals surface area (Å²) in [4.78, 5) is 16.1. The molecule has 0 bridgehead atoms. The van der Waals surface area contributed by atoms with Crippen LogP contribution in [-0.4, -0.2) is 42.7 Å². The smallest absolute Gasteiger partial charge is 0.227 e. The Morgan fingerprint density at radius 3 is 3.00 bits per heavy atom. The summed E-state index contributed by atoms with van der Waals surface area (Å²) in [5, 5.41) is 20.9. The van der Waals surface area contributed by atoms with Gasteiger partial charge in [-0.2, -0.15) is 0 Å². The van der Waals surface area contributed by atoms with Crippen LogP contribution in [0.2, 0.25) is 0 Å². The van der Waals surface area contributed by atoms with Gasteiger partial charge in [0.25, 0.3) is 0 Å². The fraction of sp³-hybridized carbons (Fsp3) is 0.231. The van der Waals surface area contributed by atoms with E-state index in [-0.39, 0.29) is 5.91 Å². The molecule has 1 amide bonds. The van der Waals surface area contributed by atoms with E-state index in [1.54, 1.807) is 18.2 Å². The van der Waals surface area contributed by atoms with Crippen LogP contribution < -0.4 is 10.6 Å². The molecule has 0 atom stereocenters. The van der Waals surface area contributed by atoms with Crippen LogP contribution in [0.1, 0.15) is 12.1 Å². The van der Waals surface area contributed by atoms with Crippen molar-refractivity contribution in [3.8, 4) is 0 Å². The first-order valence-electron chi connectivity index (χ1n) is 6.73. The predicted molar refractivity (Wildman–Crippen MR) is 79.3 cm³/mol. The van der Waals surface area contributed by atoms with Crippen molar-refractivity contribution in [3.63, 3.8) is 0 Å². The largest absolute Gasteiger partial charge is 0.368 e. The average Bonchev–Trinajstić information content (AvgIpc) is 2.95. The number of carbonyl (C=O) groups excluding carboxylic acids is 1. The molecule has 9 heteroatoms. The van der Waals surface area contributed by atoms with Gasteiger partial charge in [-0.1, -0.05) is 6.07 Å². The van der Waals surface area contributed by atoms with Crippen molar-refractivity contribution in [2.24, 2.45) is 0 Å². The predicted octanol–water partition coefficient (Wildman–Crippen LogP) is 0.663. The van der Waals surface area contributed by atoms with Crippen molar-refractivity contribution in [3.05, 3.63) is 36.0 Å². The Bertz CT molecular complexity index is 799. The van der Waals surface area contributed by atoms with Crippen LogP contribution in [0.3, 0.4) is 0 Å². The van der Waals surface area contributed by atoms with E-state index in [0.29, 0.717) is 30.2 Å². The van der Waals surface area contributed by atoms with Gasteiger partial charge in [-0.3, -0.25) is 4.79 Å². The van der Waals surface area contributed by atoms with Gasteiger partial charge in [-0.25, -0.2) is 4.98 Å². The molecule has 0 unspecified atom stereocenters. The molecule has 3 aromatic rings. The molecule has 0 aliphatic heterocycles. The first kappa shape index (κ1) is 13.9. The Labute approximate surface area is 125 Å². The number of nitrogens with zero attached hydrogens (tertiary/aromatic N) is 6. The van der Waals surface area contributed by atoms with Crippen LogP contribution in [0, 0.1) is 6.92 Å². The summed E-state index contributed by atoms with van der Waals surface area (Å²) >= 11 is 0. The average molecular weight is 298 g/mol. The SMILES string of the molecule is Cc1cccc(NC(=O)CCNc2ccc3nnnn3n2)n1. The highest BCUT2D eigenvalue weighted by Gasteiger charge is 2.04. The zero-order chi connectivity index (χ0) is 15.4. The van der Waals surface area contributed by atoms with E-state index in [4.69, 9.17) is 0 Å². The van der Waals surface area contributed by atoms with Crippen molar-refractivity contribution in [1.82, 2.24) is 30.2 Å². The highest BCUT2D eigenvalue weighted by atomic mass is 16.1. The zero-order valence-electron chi connectivity index (χ0n) is 11.9. The monoisotopic (exact) mass is 298 g/mol. The van der Waals surface area contributed by atoms with Gasteiger partial charge in [-0.05, 0) is 41.6 Å². The number of carbonyl (C=O) groups is 1. The second-order valence-corrected chi connectivity index (χ2v) is 4.63. The second-order valence-electron chi connectivity index (χ2n) is 4.63. The number of aryl methyl sites for hydroxylation is 1. The van der Waals surface area contributed by atoms with Gasteiger partial charge in [0, 0.05) is 18.7 Å². The first-order chi connectivity index (χ1) is 10.7. The van der Waals surface area contributed by atoms with Crippen molar-refractivity contribution < 1.29 is 4.79 Å². The van der Waals surface area contributed by atoms with E-state index >= 15 is 0 Å². The van der Waals surface area contributed by atoms with Gasteiger partial charge in [0.15, 0.2) is 5.65 Å². The van der Waals surface area contributed by atoms with Gasteiger partial charge in [0.1, 0.15) is 11.6 Å². The molecule has 0 spiro atoms. The normalized spacial score (nSPS) is 10.6. The second kappa shape index (κ2) is 6.12. The zero-order valence-corrected chi connectivity index (χ0v) is 11.9. The summed E-state index contributed by atoms with van der Waals surface area (Å²) in [6, 6.07) is 8.98. The minimum atomic E-state index is -0.117. The fourth-order valence-electron chi connectivity index (χ4n) is 1.87. The molecular weight excluding hydrogens is 284 g/mol. The lowest BCUT2D eigenvalue weighted by Crippen LogP contribution is -2.17. The number of nitrogens with one attached hydrogen (secondary N) is 2. The van der Waals surface area contributed by atoms with E-state index < -0.39 is 0 Å². The Kier molecular flexibility index (Phi) is 3.86. The Hall–Kier alpha value is -3.10. The summed E-state index contributed by atoms with van der Waals surface area (Å²) in [5.41, 5.74) is 1.42. The number of aromatic nitrogens is 6. The van der Waals surface area contributed by atoms with E-state index in [2.05, 4.69) is 36.2 Å². The van der Waals surface area contributed by atoms with Crippen LogP contribution in [0.25, 0.3) is 5.65 Å². The van der Waals surface area contributed by atoms with Crippen molar-refractivity contribution in [2.45, 2.75) is 13.3 Å². The number of amides is 1. The van der Waals surface area contributed by atoms with Crippen LogP contribution in [0.5, 0.6) is 0 Å². The molecule has 0 saturated heterocycles. The summed E-state index contributed by atoms with van der Waals surface area (Å²) < 4.78 is 1.32. The van der Waals surface area contributed by atoms with E-state index in [1.807, 2.05) is 19.1 Å². The topological polar surface area (TPSA) is 110 Å². The van der Waals surface area contributed by atoms with Crippen molar-refractivity contribution in [1.29, 1.82) is 0 Å². The summed E-state index contributed by atoms with van der Waals surface area (Å²) in [7, 11) is 0. The maximum absolute atomic E-state index is 11.8. The molecule has 0 radical (unpaired) electrons. The fourth-order valence-corrected chi connectivity index (χ4v) is 1.87. The number of anilines is 2. The third-order valence-corrected chi connectivity index (χ3v) is 2.88. The Morgan fingerprint density at radius 2 is 2.14 bits per heavy atom. The third kappa shape index (κ3) is 3.32. The van der Waals surface area contributed by atoms with Gasteiger partial charge >= 0.3 is 0 Å². The van der Waals surface area contributed by atoms with E-state index in [1.165, 1.54) is 4.63 Å². The molecule has 9 nitrogen and oxygen atoms in total. The molecule has 3 heterocycles. The number of tetrazole rings is 1. The number of pyridine rings is 1. The quantitative estimate of drug-likeness (QED) is 0.712. The number of fused-ring (bicyclic) bond motifs is 1. The molecule has 112 valence electrons. The standard InChI is InChI=1S/C13H14N8O/c1-9-3-2-4-11(15-9)16-13(22)7-8-14-10-5-6-12-17-19-20-21(12)18-10/h2-6H,7-8H2,1H3,(H,14,18)(H,15,16,22). The van der Waals surface area contributed by atoms with Gasteiger partial charge < -0.3 is 10.6 Å². The molecule has 0 fully saturated rings. The molecule has 22 heavy (non-hydrogen) atoms. The molecule has 3 rings (SSSR count). The van der Waals surface area contributed by atoms with Gasteiger partial charge in [0.2, 0.25) is 5.91 Å². The first-order valence-corrected chi connectivity index (χ1v) is 6.73. The lowest BCUT2D eigenvalue weighted by Gasteiger charge is -2.06. The molecule has 0 saturated carbocycles. The summed E-state index contributed by atoms with van der Waals surface area (Å²) in [6.07, 6.45) is 0.297. The Balaban J connectivity index is 1.50. The maximum Gasteiger partial charge on any atom is 0.227 e. The minimum absolute atomic E-state index is 0.117. The van der Waals surface area contributed by atoms with E-state index in [0.717, 1.165) is 5.69 Å². The summed E-state index contributed by atoms with van der Waals surface area (Å²) in [6.45, 7) is 2.32. The van der Waals surface area contributed by atoms with Crippen molar-refractivity contribution in [2.75, 3.05) is 17.2 Å². The maximum atomic E-state index is 11.8. The lowest BCUT2D eigenvalue weighted by molar-refractivity contribution is -0.116.